The van der Waals surface area contributed by atoms with Crippen molar-refractivity contribution >= 4 is 6.03 Å². The average Bonchev–Trinajstić information content (AvgIpc) is 3.39. The first-order valence-electron chi connectivity index (χ1n) is 9.52. The van der Waals surface area contributed by atoms with Gasteiger partial charge in [0, 0.05) is 37.4 Å². The number of likely N-dealkylation sites (tertiary alicyclic amines) is 1. The van der Waals surface area contributed by atoms with Crippen LogP contribution in [0.5, 0.6) is 0 Å². The fourth-order valence-electron chi connectivity index (χ4n) is 3.74. The molecule has 7 heteroatoms. The van der Waals surface area contributed by atoms with Gasteiger partial charge in [-0.25, -0.2) is 4.79 Å². The standard InChI is InChI=1S/C19H29N5O2/c1-3-23(4-2)17(18-6-5-13-26-18)14-20-19(25)24-11-8-15(9-12-24)16-7-10-21-22-16/h5-7,10,13,15,17H,3-4,8-9,11-12,14H2,1-2H3,(H,20,25)(H,21,22). The molecule has 0 radical (unpaired) electrons. The summed E-state index contributed by atoms with van der Waals surface area (Å²) < 4.78 is 5.60. The van der Waals surface area contributed by atoms with Gasteiger partial charge in [-0.1, -0.05) is 13.8 Å². The van der Waals surface area contributed by atoms with Gasteiger partial charge in [0.25, 0.3) is 0 Å². The quantitative estimate of drug-likeness (QED) is 0.797. The number of nitrogens with zero attached hydrogens (tertiary/aromatic N) is 3. The van der Waals surface area contributed by atoms with Crippen LogP contribution in [0.3, 0.4) is 0 Å². The van der Waals surface area contributed by atoms with Gasteiger partial charge in [-0.15, -0.1) is 0 Å². The lowest BCUT2D eigenvalue weighted by molar-refractivity contribution is 0.163. The van der Waals surface area contributed by atoms with Crippen molar-refractivity contribution in [3.05, 3.63) is 42.1 Å². The van der Waals surface area contributed by atoms with Crippen molar-refractivity contribution in [2.24, 2.45) is 0 Å². The molecule has 1 aliphatic rings. The van der Waals surface area contributed by atoms with E-state index in [1.54, 1.807) is 12.5 Å². The van der Waals surface area contributed by atoms with Crippen molar-refractivity contribution in [1.82, 2.24) is 25.3 Å². The fourth-order valence-corrected chi connectivity index (χ4v) is 3.74. The van der Waals surface area contributed by atoms with Gasteiger partial charge in [-0.3, -0.25) is 10.00 Å². The Labute approximate surface area is 154 Å². The molecule has 3 rings (SSSR count). The number of carbonyl (C=O) groups excluding carboxylic acids is 1. The Morgan fingerprint density at radius 1 is 1.38 bits per heavy atom. The zero-order valence-electron chi connectivity index (χ0n) is 15.6. The molecule has 1 atom stereocenters. The molecule has 0 spiro atoms. The number of aromatic amines is 1. The first kappa shape index (κ1) is 18.5. The number of piperidine rings is 1. The maximum Gasteiger partial charge on any atom is 0.317 e. The number of likely N-dealkylation sites (N-methyl/N-ethyl adjacent to an activating group) is 1. The largest absolute Gasteiger partial charge is 0.468 e. The smallest absolute Gasteiger partial charge is 0.317 e. The molecule has 1 fully saturated rings. The lowest BCUT2D eigenvalue weighted by Gasteiger charge is -2.33. The van der Waals surface area contributed by atoms with Gasteiger partial charge in [0.05, 0.1) is 12.3 Å². The first-order valence-corrected chi connectivity index (χ1v) is 9.52. The maximum absolute atomic E-state index is 12.6. The van der Waals surface area contributed by atoms with Crippen LogP contribution >= 0.6 is 0 Å². The fraction of sp³-hybridized carbons (Fsp3) is 0.579. The van der Waals surface area contributed by atoms with E-state index in [1.807, 2.05) is 23.1 Å². The number of hydrogen-bond donors (Lipinski definition) is 2. The van der Waals surface area contributed by atoms with Gasteiger partial charge in [0.1, 0.15) is 5.76 Å². The highest BCUT2D eigenvalue weighted by molar-refractivity contribution is 5.74. The van der Waals surface area contributed by atoms with E-state index in [0.717, 1.165) is 44.8 Å². The number of furan rings is 1. The minimum absolute atomic E-state index is 0.0109. The van der Waals surface area contributed by atoms with Crippen LogP contribution in [0.4, 0.5) is 4.79 Å². The van der Waals surface area contributed by atoms with Crippen molar-refractivity contribution < 1.29 is 9.21 Å². The van der Waals surface area contributed by atoms with E-state index in [0.29, 0.717) is 12.5 Å². The van der Waals surface area contributed by atoms with E-state index in [-0.39, 0.29) is 12.1 Å². The van der Waals surface area contributed by atoms with Crippen LogP contribution < -0.4 is 5.32 Å². The summed E-state index contributed by atoms with van der Waals surface area (Å²) in [4.78, 5) is 16.8. The van der Waals surface area contributed by atoms with E-state index in [9.17, 15) is 4.79 Å². The molecule has 2 N–H and O–H groups in total. The molecule has 0 aromatic carbocycles. The summed E-state index contributed by atoms with van der Waals surface area (Å²) in [6, 6.07) is 5.97. The highest BCUT2D eigenvalue weighted by atomic mass is 16.3. The molecule has 0 aliphatic carbocycles. The van der Waals surface area contributed by atoms with Crippen LogP contribution in [-0.2, 0) is 0 Å². The molecular weight excluding hydrogens is 330 g/mol. The molecule has 1 unspecified atom stereocenters. The summed E-state index contributed by atoms with van der Waals surface area (Å²) in [5, 5.41) is 10.2. The average molecular weight is 359 g/mol. The zero-order chi connectivity index (χ0) is 18.4. The van der Waals surface area contributed by atoms with Crippen LogP contribution in [-0.4, -0.2) is 58.8 Å². The Balaban J connectivity index is 1.52. The van der Waals surface area contributed by atoms with Crippen LogP contribution in [0.15, 0.2) is 35.1 Å². The summed E-state index contributed by atoms with van der Waals surface area (Å²) in [5.74, 6) is 1.36. The molecule has 3 heterocycles. The summed E-state index contributed by atoms with van der Waals surface area (Å²) in [5.41, 5.74) is 1.17. The van der Waals surface area contributed by atoms with Gasteiger partial charge < -0.3 is 14.6 Å². The third kappa shape index (κ3) is 4.27. The third-order valence-electron chi connectivity index (χ3n) is 5.32. The molecular formula is C19H29N5O2. The van der Waals surface area contributed by atoms with Crippen LogP contribution in [0.2, 0.25) is 0 Å². The number of carbonyl (C=O) groups is 1. The van der Waals surface area contributed by atoms with Gasteiger partial charge >= 0.3 is 6.03 Å². The van der Waals surface area contributed by atoms with Gasteiger partial charge in [-0.05, 0) is 44.1 Å². The molecule has 0 bridgehead atoms. The normalized spacial score (nSPS) is 16.8. The van der Waals surface area contributed by atoms with E-state index < -0.39 is 0 Å². The second-order valence-corrected chi connectivity index (χ2v) is 6.71. The molecule has 2 aromatic heterocycles. The Morgan fingerprint density at radius 3 is 2.73 bits per heavy atom. The molecule has 1 aliphatic heterocycles. The topological polar surface area (TPSA) is 77.4 Å². The molecule has 7 nitrogen and oxygen atoms in total. The van der Waals surface area contributed by atoms with Crippen molar-refractivity contribution in [3.63, 3.8) is 0 Å². The predicted molar refractivity (Wildman–Crippen MR) is 99.9 cm³/mol. The monoisotopic (exact) mass is 359 g/mol. The Bertz CT molecular complexity index is 644. The SMILES string of the molecule is CCN(CC)C(CNC(=O)N1CCC(c2ccn[nH]2)CC1)c1ccco1. The molecule has 1 saturated heterocycles. The van der Waals surface area contributed by atoms with Gasteiger partial charge in [0.15, 0.2) is 0 Å². The number of aromatic nitrogens is 2. The molecule has 26 heavy (non-hydrogen) atoms. The Kier molecular flexibility index (Phi) is 6.33. The molecule has 2 aromatic rings. The molecule has 0 saturated carbocycles. The Hall–Kier alpha value is -2.28. The number of H-pyrrole nitrogens is 1. The second-order valence-electron chi connectivity index (χ2n) is 6.71. The lowest BCUT2D eigenvalue weighted by atomic mass is 9.94. The number of rotatable bonds is 7. The predicted octanol–water partition coefficient (Wildman–Crippen LogP) is 2.97. The Morgan fingerprint density at radius 2 is 2.15 bits per heavy atom. The van der Waals surface area contributed by atoms with Gasteiger partial charge in [0.2, 0.25) is 0 Å². The maximum atomic E-state index is 12.6. The number of nitrogens with one attached hydrogen (secondary N) is 2. The van der Waals surface area contributed by atoms with Crippen LogP contribution in [0.25, 0.3) is 0 Å². The van der Waals surface area contributed by atoms with E-state index in [2.05, 4.69) is 34.3 Å². The lowest BCUT2D eigenvalue weighted by Crippen LogP contribution is -2.46. The minimum atomic E-state index is 0.0109. The van der Waals surface area contributed by atoms with Crippen LogP contribution in [0.1, 0.15) is 50.1 Å². The first-order chi connectivity index (χ1) is 12.7. The summed E-state index contributed by atoms with van der Waals surface area (Å²) >= 11 is 0. The van der Waals surface area contributed by atoms with Gasteiger partial charge in [-0.2, -0.15) is 5.10 Å². The van der Waals surface area contributed by atoms with E-state index in [1.165, 1.54) is 5.69 Å². The van der Waals surface area contributed by atoms with Crippen molar-refractivity contribution in [2.45, 2.75) is 38.6 Å². The number of urea groups is 1. The number of amides is 2. The summed E-state index contributed by atoms with van der Waals surface area (Å²) in [6.07, 6.45) is 5.41. The third-order valence-corrected chi connectivity index (χ3v) is 5.32. The van der Waals surface area contributed by atoms with E-state index >= 15 is 0 Å². The highest BCUT2D eigenvalue weighted by Gasteiger charge is 2.26. The molecule has 2 amide bonds. The zero-order valence-corrected chi connectivity index (χ0v) is 15.6. The van der Waals surface area contributed by atoms with Crippen molar-refractivity contribution in [2.75, 3.05) is 32.7 Å². The van der Waals surface area contributed by atoms with Crippen molar-refractivity contribution in [1.29, 1.82) is 0 Å². The van der Waals surface area contributed by atoms with Crippen molar-refractivity contribution in [3.8, 4) is 0 Å². The highest BCUT2D eigenvalue weighted by Crippen LogP contribution is 2.26. The second kappa shape index (κ2) is 8.89. The summed E-state index contributed by atoms with van der Waals surface area (Å²) in [6.45, 7) is 8.16. The summed E-state index contributed by atoms with van der Waals surface area (Å²) in [7, 11) is 0. The minimum Gasteiger partial charge on any atom is -0.468 e. The van der Waals surface area contributed by atoms with E-state index in [4.69, 9.17) is 4.42 Å². The number of hydrogen-bond acceptors (Lipinski definition) is 4. The van der Waals surface area contributed by atoms with Crippen LogP contribution in [0, 0.1) is 0 Å². The molecule has 142 valence electrons.